The summed E-state index contributed by atoms with van der Waals surface area (Å²) in [6.45, 7) is 4.09. The monoisotopic (exact) mass is 420 g/mol. The van der Waals surface area contributed by atoms with Crippen LogP contribution in [0.3, 0.4) is 0 Å². The summed E-state index contributed by atoms with van der Waals surface area (Å²) in [5.41, 5.74) is 1.67. The molecule has 0 saturated heterocycles. The number of rotatable bonds is 3. The molecule has 1 unspecified atom stereocenters. The van der Waals surface area contributed by atoms with Crippen molar-refractivity contribution in [3.63, 3.8) is 0 Å². The van der Waals surface area contributed by atoms with Crippen LogP contribution in [-0.2, 0) is 0 Å². The van der Waals surface area contributed by atoms with E-state index in [1.807, 2.05) is 42.8 Å². The molecule has 0 aliphatic heterocycles. The third-order valence-electron chi connectivity index (χ3n) is 2.72. The summed E-state index contributed by atoms with van der Waals surface area (Å²) in [5, 5.41) is 14.8. The smallest absolute Gasteiger partial charge is 0.122 e. The number of benzene rings is 1. The Morgan fingerprint density at radius 3 is 2.44 bits per heavy atom. The van der Waals surface area contributed by atoms with Gasteiger partial charge in [-0.2, -0.15) is 5.10 Å². The number of aliphatic hydroxyl groups excluding tert-OH is 1. The molecule has 3 nitrogen and oxygen atoms in total. The van der Waals surface area contributed by atoms with Crippen LogP contribution in [0.5, 0.6) is 0 Å². The normalized spacial score (nSPS) is 13.0. The summed E-state index contributed by atoms with van der Waals surface area (Å²) in [4.78, 5) is 0. The third-order valence-corrected chi connectivity index (χ3v) is 4.05. The molecular weight excluding hydrogens is 407 g/mol. The number of aliphatic hydroxyl groups is 1. The van der Waals surface area contributed by atoms with Gasteiger partial charge in [0.25, 0.3) is 0 Å². The Labute approximate surface area is 128 Å². The van der Waals surface area contributed by atoms with E-state index in [-0.39, 0.29) is 6.04 Å². The van der Waals surface area contributed by atoms with Gasteiger partial charge in [0.1, 0.15) is 6.10 Å². The van der Waals surface area contributed by atoms with Gasteiger partial charge >= 0.3 is 0 Å². The van der Waals surface area contributed by atoms with Gasteiger partial charge in [0, 0.05) is 9.61 Å². The van der Waals surface area contributed by atoms with Gasteiger partial charge in [-0.05, 0) is 70.1 Å². The van der Waals surface area contributed by atoms with Gasteiger partial charge in [-0.25, -0.2) is 0 Å². The summed E-state index contributed by atoms with van der Waals surface area (Å²) in [5.74, 6) is 0. The highest BCUT2D eigenvalue weighted by atomic mass is 127. The molecule has 2 rings (SSSR count). The average Bonchev–Trinajstić information content (AvgIpc) is 2.71. The zero-order valence-electron chi connectivity index (χ0n) is 10.1. The fraction of sp³-hybridized carbons (Fsp3) is 0.308. The molecule has 1 aromatic heterocycles. The maximum absolute atomic E-state index is 10.5. The van der Waals surface area contributed by atoms with E-state index in [0.717, 1.165) is 19.3 Å². The molecule has 0 bridgehead atoms. The van der Waals surface area contributed by atoms with Crippen LogP contribution in [0.15, 0.2) is 34.9 Å². The van der Waals surface area contributed by atoms with E-state index in [1.165, 1.54) is 0 Å². The zero-order chi connectivity index (χ0) is 13.3. The van der Waals surface area contributed by atoms with Crippen LogP contribution in [0.4, 0.5) is 0 Å². The molecule has 18 heavy (non-hydrogen) atoms. The second-order valence-electron chi connectivity index (χ2n) is 4.37. The van der Waals surface area contributed by atoms with Crippen molar-refractivity contribution in [2.75, 3.05) is 0 Å². The van der Waals surface area contributed by atoms with Crippen LogP contribution in [0.2, 0.25) is 0 Å². The van der Waals surface area contributed by atoms with Crippen molar-refractivity contribution in [3.8, 4) is 0 Å². The summed E-state index contributed by atoms with van der Waals surface area (Å²) < 4.78 is 3.83. The lowest BCUT2D eigenvalue weighted by atomic mass is 10.1. The summed E-state index contributed by atoms with van der Waals surface area (Å²) >= 11 is 5.70. The molecule has 0 aliphatic carbocycles. The molecule has 1 atom stereocenters. The molecule has 0 amide bonds. The van der Waals surface area contributed by atoms with Gasteiger partial charge in [0.05, 0.1) is 16.4 Å². The largest absolute Gasteiger partial charge is 0.382 e. The van der Waals surface area contributed by atoms with Crippen LogP contribution in [0.25, 0.3) is 0 Å². The second kappa shape index (κ2) is 5.71. The Bertz CT molecular complexity index is 536. The summed E-state index contributed by atoms with van der Waals surface area (Å²) in [7, 11) is 0. The van der Waals surface area contributed by atoms with E-state index >= 15 is 0 Å². The van der Waals surface area contributed by atoms with Crippen LogP contribution >= 0.6 is 38.5 Å². The molecule has 1 heterocycles. The van der Waals surface area contributed by atoms with E-state index in [0.29, 0.717) is 0 Å². The Balaban J connectivity index is 2.42. The third kappa shape index (κ3) is 2.78. The lowest BCUT2D eigenvalue weighted by Gasteiger charge is -2.17. The predicted octanol–water partition coefficient (Wildman–Crippen LogP) is 3.91. The van der Waals surface area contributed by atoms with Gasteiger partial charge in [-0.3, -0.25) is 4.68 Å². The fourth-order valence-electron chi connectivity index (χ4n) is 1.82. The Morgan fingerprint density at radius 1 is 1.28 bits per heavy atom. The maximum Gasteiger partial charge on any atom is 0.122 e. The van der Waals surface area contributed by atoms with Gasteiger partial charge in [0.15, 0.2) is 0 Å². The van der Waals surface area contributed by atoms with Crippen molar-refractivity contribution in [2.45, 2.75) is 26.0 Å². The van der Waals surface area contributed by atoms with E-state index in [2.05, 4.69) is 43.6 Å². The van der Waals surface area contributed by atoms with Gasteiger partial charge in [-0.15, -0.1) is 0 Å². The first-order valence-corrected chi connectivity index (χ1v) is 7.54. The van der Waals surface area contributed by atoms with Gasteiger partial charge in [0.2, 0.25) is 0 Å². The van der Waals surface area contributed by atoms with E-state index in [1.54, 1.807) is 6.20 Å². The predicted molar refractivity (Wildman–Crippen MR) is 83.5 cm³/mol. The lowest BCUT2D eigenvalue weighted by molar-refractivity contribution is 0.204. The number of halogens is 2. The van der Waals surface area contributed by atoms with Crippen molar-refractivity contribution >= 4 is 38.5 Å². The molecule has 0 saturated carbocycles. The Morgan fingerprint density at radius 2 is 1.89 bits per heavy atom. The molecule has 0 fully saturated rings. The van der Waals surface area contributed by atoms with Crippen molar-refractivity contribution in [3.05, 3.63) is 49.8 Å². The van der Waals surface area contributed by atoms with Gasteiger partial charge < -0.3 is 5.11 Å². The molecular formula is C13H14BrIN2O. The molecule has 0 radical (unpaired) electrons. The topological polar surface area (TPSA) is 38.0 Å². The lowest BCUT2D eigenvalue weighted by Crippen LogP contribution is -2.12. The Kier molecular flexibility index (Phi) is 4.45. The highest BCUT2D eigenvalue weighted by Gasteiger charge is 2.20. The zero-order valence-corrected chi connectivity index (χ0v) is 13.9. The minimum atomic E-state index is -0.665. The number of nitrogens with zero attached hydrogens (tertiary/aromatic N) is 2. The first-order valence-electron chi connectivity index (χ1n) is 5.67. The molecule has 96 valence electrons. The van der Waals surface area contributed by atoms with Crippen LogP contribution in [-0.4, -0.2) is 14.9 Å². The fourth-order valence-corrected chi connectivity index (χ4v) is 2.67. The first-order chi connectivity index (χ1) is 8.50. The number of hydrogen-bond donors (Lipinski definition) is 1. The number of hydrogen-bond acceptors (Lipinski definition) is 2. The SMILES string of the molecule is CC(C)n1ncc(Br)c1C(O)c1ccc(I)cc1. The minimum absolute atomic E-state index is 0.213. The van der Waals surface area contributed by atoms with Crippen LogP contribution in [0, 0.1) is 3.57 Å². The highest BCUT2D eigenvalue weighted by molar-refractivity contribution is 14.1. The minimum Gasteiger partial charge on any atom is -0.382 e. The molecule has 1 N–H and O–H groups in total. The van der Waals surface area contributed by atoms with Crippen LogP contribution in [0.1, 0.15) is 37.3 Å². The van der Waals surface area contributed by atoms with E-state index in [9.17, 15) is 5.11 Å². The molecule has 2 aromatic rings. The Hall–Kier alpha value is -0.400. The van der Waals surface area contributed by atoms with E-state index in [4.69, 9.17) is 0 Å². The second-order valence-corrected chi connectivity index (χ2v) is 6.47. The molecule has 0 spiro atoms. The highest BCUT2D eigenvalue weighted by Crippen LogP contribution is 2.30. The van der Waals surface area contributed by atoms with E-state index < -0.39 is 6.10 Å². The van der Waals surface area contributed by atoms with Crippen molar-refractivity contribution < 1.29 is 5.11 Å². The van der Waals surface area contributed by atoms with Crippen LogP contribution < -0.4 is 0 Å². The quantitative estimate of drug-likeness (QED) is 0.764. The molecule has 0 aliphatic rings. The van der Waals surface area contributed by atoms with Crippen molar-refractivity contribution in [1.82, 2.24) is 9.78 Å². The maximum atomic E-state index is 10.5. The number of aromatic nitrogens is 2. The standard InChI is InChI=1S/C13H14BrIN2O/c1-8(2)17-12(11(14)7-16-17)13(18)9-3-5-10(15)6-4-9/h3-8,13,18H,1-2H3. The van der Waals surface area contributed by atoms with Crippen molar-refractivity contribution in [1.29, 1.82) is 0 Å². The average molecular weight is 421 g/mol. The first kappa shape index (κ1) is 14.0. The molecule has 1 aromatic carbocycles. The summed E-state index contributed by atoms with van der Waals surface area (Å²) in [6, 6.07) is 8.07. The molecule has 5 heteroatoms. The van der Waals surface area contributed by atoms with Crippen molar-refractivity contribution in [2.24, 2.45) is 0 Å². The van der Waals surface area contributed by atoms with Gasteiger partial charge in [-0.1, -0.05) is 12.1 Å². The summed E-state index contributed by atoms with van der Waals surface area (Å²) in [6.07, 6.45) is 1.06.